The fourth-order valence-electron chi connectivity index (χ4n) is 6.67. The molecule has 0 saturated carbocycles. The van der Waals surface area contributed by atoms with Gasteiger partial charge in [0.15, 0.2) is 0 Å². The molecule has 8 rings (SSSR count). The topological polar surface area (TPSA) is 0 Å². The van der Waals surface area contributed by atoms with E-state index < -0.39 is 0 Å². The zero-order valence-corrected chi connectivity index (χ0v) is 40.3. The van der Waals surface area contributed by atoms with Gasteiger partial charge < -0.3 is 0 Å². The minimum atomic E-state index is 0. The van der Waals surface area contributed by atoms with Crippen LogP contribution in [0.5, 0.6) is 0 Å². The summed E-state index contributed by atoms with van der Waals surface area (Å²) in [5, 5.41) is 0. The van der Waals surface area contributed by atoms with Gasteiger partial charge in [0.05, 0.1) is 0 Å². The Morgan fingerprint density at radius 2 is 0.571 bits per heavy atom. The van der Waals surface area contributed by atoms with Gasteiger partial charge in [0.2, 0.25) is 0 Å². The molecular formula is C63H78. The second-order valence-electron chi connectivity index (χ2n) is 14.4. The molecule has 0 aliphatic carbocycles. The molecule has 0 aliphatic heterocycles. The van der Waals surface area contributed by atoms with Gasteiger partial charge in [0.25, 0.3) is 0 Å². The van der Waals surface area contributed by atoms with Gasteiger partial charge in [-0.25, -0.2) is 0 Å². The van der Waals surface area contributed by atoms with E-state index in [4.69, 9.17) is 0 Å². The van der Waals surface area contributed by atoms with Gasteiger partial charge in [0, 0.05) is 0 Å². The SMILES string of the molecule is C.CC.CC.CC.CCC.Cc1cccc(-c2ccccc2)c1.Cc1ccccc1-c1cc(-c2ccc(-c3cc(-c4ccccc4)ccc3C)c(C)c2)ccc1C.c1ccccc1. The molecule has 0 aliphatic rings. The first-order valence-corrected chi connectivity index (χ1v) is 22.8. The van der Waals surface area contributed by atoms with Gasteiger partial charge >= 0.3 is 0 Å². The first-order valence-electron chi connectivity index (χ1n) is 22.8. The molecule has 8 aromatic rings. The highest BCUT2D eigenvalue weighted by Crippen LogP contribution is 2.36. The smallest absolute Gasteiger partial charge is 0.0146 e. The summed E-state index contributed by atoms with van der Waals surface area (Å²) in [5.41, 5.74) is 19.3. The number of aryl methyl sites for hydroxylation is 5. The second kappa shape index (κ2) is 31.6. The van der Waals surface area contributed by atoms with Crippen molar-refractivity contribution in [2.45, 2.75) is 104 Å². The fourth-order valence-corrected chi connectivity index (χ4v) is 6.67. The van der Waals surface area contributed by atoms with Crippen molar-refractivity contribution >= 4 is 0 Å². The summed E-state index contributed by atoms with van der Waals surface area (Å²) in [4.78, 5) is 0. The van der Waals surface area contributed by atoms with Crippen molar-refractivity contribution in [3.8, 4) is 55.6 Å². The molecule has 0 aromatic heterocycles. The lowest BCUT2D eigenvalue weighted by Gasteiger charge is -2.15. The monoisotopic (exact) mass is 835 g/mol. The minimum absolute atomic E-state index is 0. The van der Waals surface area contributed by atoms with E-state index in [1.165, 1.54) is 89.9 Å². The highest BCUT2D eigenvalue weighted by molar-refractivity contribution is 5.81. The van der Waals surface area contributed by atoms with Crippen molar-refractivity contribution in [3.05, 3.63) is 228 Å². The van der Waals surface area contributed by atoms with Crippen LogP contribution in [0.1, 0.15) is 97.1 Å². The highest BCUT2D eigenvalue weighted by atomic mass is 14.2. The predicted octanol–water partition coefficient (Wildman–Crippen LogP) is 20.1. The Bertz CT molecular complexity index is 2360. The summed E-state index contributed by atoms with van der Waals surface area (Å²) >= 11 is 0. The number of hydrogen-bond donors (Lipinski definition) is 0. The van der Waals surface area contributed by atoms with Crippen LogP contribution in [0.3, 0.4) is 0 Å². The molecule has 63 heavy (non-hydrogen) atoms. The van der Waals surface area contributed by atoms with Crippen LogP contribution in [0.25, 0.3) is 55.6 Å². The molecule has 0 nitrogen and oxygen atoms in total. The molecule has 0 spiro atoms. The molecule has 330 valence electrons. The van der Waals surface area contributed by atoms with Gasteiger partial charge in [-0.3, -0.25) is 0 Å². The van der Waals surface area contributed by atoms with E-state index >= 15 is 0 Å². The van der Waals surface area contributed by atoms with Crippen molar-refractivity contribution < 1.29 is 0 Å². The molecule has 0 heterocycles. The maximum atomic E-state index is 2.34. The van der Waals surface area contributed by atoms with Crippen LogP contribution in [0.2, 0.25) is 0 Å². The minimum Gasteiger partial charge on any atom is -0.0776 e. The zero-order chi connectivity index (χ0) is 45.7. The molecule has 0 saturated heterocycles. The standard InChI is InChI=1S/C34H30.C13H12.C6H6.C3H8.3C2H6.CH4/c1-23-10-8-9-13-31(23)33-22-30(17-15-24(33)2)28-18-19-32(26(4)20-28)34-21-29(16-14-25(34)3)27-11-6-5-7-12-27;1-11-6-5-9-13(10-11)12-7-3-2-4-8-12;1-2-4-6-5-3-1;1-3-2;3*1-2;/h5-22H,1-4H3;2-10H,1H3;1-6H;3H2,1-2H3;3*1-2H3;1H4. The van der Waals surface area contributed by atoms with E-state index in [2.05, 4.69) is 206 Å². The Labute approximate surface area is 385 Å². The van der Waals surface area contributed by atoms with E-state index in [1.807, 2.05) is 84.0 Å². The van der Waals surface area contributed by atoms with Gasteiger partial charge in [-0.2, -0.15) is 0 Å². The first-order chi connectivity index (χ1) is 30.3. The van der Waals surface area contributed by atoms with Crippen molar-refractivity contribution in [1.29, 1.82) is 0 Å². The third kappa shape index (κ3) is 17.6. The van der Waals surface area contributed by atoms with E-state index in [0.29, 0.717) is 0 Å². The lowest BCUT2D eigenvalue weighted by Crippen LogP contribution is -1.91. The van der Waals surface area contributed by atoms with Crippen LogP contribution in [0.4, 0.5) is 0 Å². The molecule has 0 heteroatoms. The molecule has 0 fully saturated rings. The summed E-state index contributed by atoms with van der Waals surface area (Å²) in [6, 6.07) is 70.7. The Morgan fingerprint density at radius 3 is 1.00 bits per heavy atom. The molecule has 0 N–H and O–H groups in total. The molecule has 8 aromatic carbocycles. The maximum Gasteiger partial charge on any atom is -0.0146 e. The van der Waals surface area contributed by atoms with Gasteiger partial charge in [-0.05, 0) is 125 Å². The van der Waals surface area contributed by atoms with Crippen LogP contribution < -0.4 is 0 Å². The summed E-state index contributed by atoms with van der Waals surface area (Å²) in [6.45, 7) is 27.2. The average Bonchev–Trinajstić information content (AvgIpc) is 3.33. The maximum absolute atomic E-state index is 2.34. The first kappa shape index (κ1) is 54.8. The van der Waals surface area contributed by atoms with E-state index in [1.54, 1.807) is 0 Å². The number of rotatable bonds is 5. The van der Waals surface area contributed by atoms with Crippen molar-refractivity contribution in [2.24, 2.45) is 0 Å². The highest BCUT2D eigenvalue weighted by Gasteiger charge is 2.11. The average molecular weight is 835 g/mol. The fraction of sp³-hybridized carbons (Fsp3) is 0.238. The van der Waals surface area contributed by atoms with E-state index in [0.717, 1.165) is 0 Å². The Balaban J connectivity index is 0.000000560. The molecule has 0 unspecified atom stereocenters. The lowest BCUT2D eigenvalue weighted by molar-refractivity contribution is 1.09. The van der Waals surface area contributed by atoms with Gasteiger partial charge in [-0.1, -0.05) is 263 Å². The van der Waals surface area contributed by atoms with Crippen LogP contribution >= 0.6 is 0 Å². The summed E-state index contributed by atoms with van der Waals surface area (Å²) in [6.07, 6.45) is 1.25. The number of hydrogen-bond acceptors (Lipinski definition) is 0. The van der Waals surface area contributed by atoms with Crippen LogP contribution in [0.15, 0.2) is 200 Å². The molecule has 0 atom stereocenters. The third-order valence-electron chi connectivity index (χ3n) is 9.66. The van der Waals surface area contributed by atoms with E-state index in [9.17, 15) is 0 Å². The molecule has 0 bridgehead atoms. The summed E-state index contributed by atoms with van der Waals surface area (Å²) in [5.74, 6) is 0. The van der Waals surface area contributed by atoms with Crippen LogP contribution in [-0.4, -0.2) is 0 Å². The van der Waals surface area contributed by atoms with Crippen molar-refractivity contribution in [2.75, 3.05) is 0 Å². The third-order valence-corrected chi connectivity index (χ3v) is 9.66. The second-order valence-corrected chi connectivity index (χ2v) is 14.4. The normalized spacial score (nSPS) is 9.29. The predicted molar refractivity (Wildman–Crippen MR) is 287 cm³/mol. The molecule has 0 radical (unpaired) electrons. The van der Waals surface area contributed by atoms with Crippen molar-refractivity contribution in [3.63, 3.8) is 0 Å². The lowest BCUT2D eigenvalue weighted by atomic mass is 9.89. The summed E-state index contributed by atoms with van der Waals surface area (Å²) < 4.78 is 0. The zero-order valence-electron chi connectivity index (χ0n) is 40.3. The van der Waals surface area contributed by atoms with Gasteiger partial charge in [0.1, 0.15) is 0 Å². The Kier molecular flexibility index (Phi) is 27.5. The largest absolute Gasteiger partial charge is 0.0776 e. The number of benzene rings is 8. The Hall–Kier alpha value is -6.24. The van der Waals surface area contributed by atoms with Crippen LogP contribution in [-0.2, 0) is 0 Å². The Morgan fingerprint density at radius 1 is 0.254 bits per heavy atom. The summed E-state index contributed by atoms with van der Waals surface area (Å²) in [7, 11) is 0. The molecular weight excluding hydrogens is 757 g/mol. The van der Waals surface area contributed by atoms with Gasteiger partial charge in [-0.15, -0.1) is 0 Å². The molecule has 0 amide bonds. The van der Waals surface area contributed by atoms with E-state index in [-0.39, 0.29) is 7.43 Å². The van der Waals surface area contributed by atoms with Crippen molar-refractivity contribution in [1.82, 2.24) is 0 Å². The quantitative estimate of drug-likeness (QED) is 0.162. The van der Waals surface area contributed by atoms with Crippen LogP contribution in [0, 0.1) is 34.6 Å².